The monoisotopic (exact) mass is 378 g/mol. The summed E-state index contributed by atoms with van der Waals surface area (Å²) in [6.07, 6.45) is 2.82. The summed E-state index contributed by atoms with van der Waals surface area (Å²) in [4.78, 5) is 11.4. The lowest BCUT2D eigenvalue weighted by atomic mass is 9.86. The van der Waals surface area contributed by atoms with E-state index in [4.69, 9.17) is 9.47 Å². The van der Waals surface area contributed by atoms with Crippen molar-refractivity contribution in [2.24, 2.45) is 0 Å². The van der Waals surface area contributed by atoms with E-state index in [0.717, 1.165) is 42.7 Å². The van der Waals surface area contributed by atoms with E-state index in [1.165, 1.54) is 0 Å². The van der Waals surface area contributed by atoms with Gasteiger partial charge >= 0.3 is 5.97 Å². The van der Waals surface area contributed by atoms with Gasteiger partial charge in [0.15, 0.2) is 6.29 Å². The highest BCUT2D eigenvalue weighted by atomic mass is 16.7. The lowest BCUT2D eigenvalue weighted by Gasteiger charge is -2.28. The second-order valence-electron chi connectivity index (χ2n) is 7.98. The number of carbonyl (C=O) groups is 1. The van der Waals surface area contributed by atoms with E-state index in [9.17, 15) is 9.90 Å². The molecule has 1 aliphatic rings. The van der Waals surface area contributed by atoms with Crippen LogP contribution in [0.1, 0.15) is 67.1 Å². The van der Waals surface area contributed by atoms with Crippen LogP contribution in [0.2, 0.25) is 0 Å². The molecule has 0 bridgehead atoms. The standard InChI is InChI=1S/C24H26O4/c1-24(2,3)20-14-12-17(16-21(20)28-22-10-6-7-15-27-22)11-13-18-8-4-5-9-19(18)23(25)26/h4-5,8-9,12,14,16,22H,6-7,10,15H2,1-3H3,(H,25,26). The summed E-state index contributed by atoms with van der Waals surface area (Å²) in [5, 5.41) is 9.31. The van der Waals surface area contributed by atoms with Crippen LogP contribution in [-0.2, 0) is 10.2 Å². The average Bonchev–Trinajstić information content (AvgIpc) is 2.66. The Morgan fingerprint density at radius 1 is 1.14 bits per heavy atom. The minimum atomic E-state index is -0.980. The molecule has 0 amide bonds. The number of carboxylic acid groups (broad SMARTS) is 1. The van der Waals surface area contributed by atoms with Crippen molar-refractivity contribution in [2.45, 2.75) is 51.7 Å². The van der Waals surface area contributed by atoms with Gasteiger partial charge in [-0.15, -0.1) is 0 Å². The normalized spacial score (nSPS) is 16.8. The molecule has 4 nitrogen and oxygen atoms in total. The lowest BCUT2D eigenvalue weighted by molar-refractivity contribution is -0.106. The first kappa shape index (κ1) is 20.0. The molecular formula is C24H26O4. The van der Waals surface area contributed by atoms with Gasteiger partial charge in [-0.2, -0.15) is 0 Å². The fourth-order valence-electron chi connectivity index (χ4n) is 3.18. The molecule has 28 heavy (non-hydrogen) atoms. The molecule has 2 aromatic carbocycles. The highest BCUT2D eigenvalue weighted by Gasteiger charge is 2.23. The van der Waals surface area contributed by atoms with Crippen molar-refractivity contribution in [3.63, 3.8) is 0 Å². The highest BCUT2D eigenvalue weighted by molar-refractivity contribution is 5.90. The first-order chi connectivity index (χ1) is 13.3. The van der Waals surface area contributed by atoms with Crippen LogP contribution in [0.3, 0.4) is 0 Å². The van der Waals surface area contributed by atoms with Crippen molar-refractivity contribution in [1.82, 2.24) is 0 Å². The fourth-order valence-corrected chi connectivity index (χ4v) is 3.18. The van der Waals surface area contributed by atoms with Crippen LogP contribution in [0, 0.1) is 11.8 Å². The van der Waals surface area contributed by atoms with E-state index in [1.54, 1.807) is 24.3 Å². The van der Waals surface area contributed by atoms with E-state index < -0.39 is 5.97 Å². The number of hydrogen-bond donors (Lipinski definition) is 1. The van der Waals surface area contributed by atoms with Gasteiger partial charge in [-0.3, -0.25) is 0 Å². The van der Waals surface area contributed by atoms with Crippen molar-refractivity contribution in [3.8, 4) is 17.6 Å². The van der Waals surface area contributed by atoms with E-state index in [2.05, 4.69) is 32.6 Å². The van der Waals surface area contributed by atoms with Crippen molar-refractivity contribution in [2.75, 3.05) is 6.61 Å². The molecule has 0 saturated carbocycles. The Morgan fingerprint density at radius 3 is 2.61 bits per heavy atom. The second kappa shape index (κ2) is 8.50. The predicted molar refractivity (Wildman–Crippen MR) is 109 cm³/mol. The molecule has 4 heteroatoms. The zero-order valence-corrected chi connectivity index (χ0v) is 16.6. The van der Waals surface area contributed by atoms with Crippen LogP contribution < -0.4 is 4.74 Å². The SMILES string of the molecule is CC(C)(C)c1ccc(C#Cc2ccccc2C(=O)O)cc1OC1CCCCO1. The molecular weight excluding hydrogens is 352 g/mol. The maximum absolute atomic E-state index is 11.4. The van der Waals surface area contributed by atoms with E-state index >= 15 is 0 Å². The van der Waals surface area contributed by atoms with Crippen LogP contribution in [0.4, 0.5) is 0 Å². The molecule has 1 fully saturated rings. The van der Waals surface area contributed by atoms with Crippen LogP contribution in [0.5, 0.6) is 5.75 Å². The second-order valence-corrected chi connectivity index (χ2v) is 7.98. The van der Waals surface area contributed by atoms with E-state index in [-0.39, 0.29) is 17.3 Å². The summed E-state index contributed by atoms with van der Waals surface area (Å²) in [6, 6.07) is 12.7. The van der Waals surface area contributed by atoms with Crippen molar-refractivity contribution in [3.05, 3.63) is 64.7 Å². The average molecular weight is 378 g/mol. The summed E-state index contributed by atoms with van der Waals surface area (Å²) in [6.45, 7) is 7.16. The lowest BCUT2D eigenvalue weighted by Crippen LogP contribution is -2.26. The molecule has 1 N–H and O–H groups in total. The molecule has 1 heterocycles. The largest absolute Gasteiger partial charge is 0.478 e. The molecule has 2 aromatic rings. The van der Waals surface area contributed by atoms with Crippen LogP contribution in [0.15, 0.2) is 42.5 Å². The number of hydrogen-bond acceptors (Lipinski definition) is 3. The molecule has 0 spiro atoms. The maximum Gasteiger partial charge on any atom is 0.336 e. The number of aromatic carboxylic acids is 1. The van der Waals surface area contributed by atoms with Gasteiger partial charge in [0.25, 0.3) is 0 Å². The number of benzene rings is 2. The van der Waals surface area contributed by atoms with Gasteiger partial charge in [0.2, 0.25) is 0 Å². The third-order valence-electron chi connectivity index (χ3n) is 4.68. The van der Waals surface area contributed by atoms with Gasteiger partial charge in [0, 0.05) is 17.5 Å². The Morgan fingerprint density at radius 2 is 1.93 bits per heavy atom. The smallest absolute Gasteiger partial charge is 0.336 e. The fraction of sp³-hybridized carbons (Fsp3) is 0.375. The molecule has 0 aromatic heterocycles. The number of carboxylic acids is 1. The van der Waals surface area contributed by atoms with Crippen molar-refractivity contribution < 1.29 is 19.4 Å². The third kappa shape index (κ3) is 4.94. The molecule has 1 unspecified atom stereocenters. The summed E-state index contributed by atoms with van der Waals surface area (Å²) < 4.78 is 11.9. The van der Waals surface area contributed by atoms with Crippen LogP contribution in [-0.4, -0.2) is 24.0 Å². The summed E-state index contributed by atoms with van der Waals surface area (Å²) in [5.41, 5.74) is 2.49. The first-order valence-corrected chi connectivity index (χ1v) is 9.62. The predicted octanol–water partition coefficient (Wildman–Crippen LogP) is 4.99. The minimum absolute atomic E-state index is 0.0775. The van der Waals surface area contributed by atoms with Crippen molar-refractivity contribution in [1.29, 1.82) is 0 Å². The zero-order valence-electron chi connectivity index (χ0n) is 16.6. The molecule has 3 rings (SSSR count). The third-order valence-corrected chi connectivity index (χ3v) is 4.68. The number of ether oxygens (including phenoxy) is 2. The van der Waals surface area contributed by atoms with E-state index in [1.807, 2.05) is 18.2 Å². The topological polar surface area (TPSA) is 55.8 Å². The van der Waals surface area contributed by atoms with Crippen LogP contribution in [0.25, 0.3) is 0 Å². The zero-order chi connectivity index (χ0) is 20.1. The van der Waals surface area contributed by atoms with Gasteiger partial charge in [0.1, 0.15) is 5.75 Å². The van der Waals surface area contributed by atoms with Crippen LogP contribution >= 0.6 is 0 Å². The highest BCUT2D eigenvalue weighted by Crippen LogP contribution is 2.33. The molecule has 0 radical (unpaired) electrons. The van der Waals surface area contributed by atoms with Gasteiger partial charge in [-0.25, -0.2) is 4.79 Å². The molecule has 146 valence electrons. The van der Waals surface area contributed by atoms with Gasteiger partial charge in [-0.1, -0.05) is 50.8 Å². The van der Waals surface area contributed by atoms with Gasteiger partial charge in [-0.05, 0) is 48.1 Å². The Balaban J connectivity index is 1.93. The Labute approximate surface area is 166 Å². The number of rotatable bonds is 3. The molecule has 1 saturated heterocycles. The summed E-state index contributed by atoms with van der Waals surface area (Å²) in [5.74, 6) is 5.86. The van der Waals surface area contributed by atoms with Gasteiger partial charge < -0.3 is 14.6 Å². The summed E-state index contributed by atoms with van der Waals surface area (Å²) in [7, 11) is 0. The first-order valence-electron chi connectivity index (χ1n) is 9.62. The van der Waals surface area contributed by atoms with Crippen molar-refractivity contribution >= 4 is 5.97 Å². The Kier molecular flexibility index (Phi) is 6.06. The minimum Gasteiger partial charge on any atom is -0.478 e. The quantitative estimate of drug-likeness (QED) is 0.765. The Hall–Kier alpha value is -2.77. The Bertz CT molecular complexity index is 906. The molecule has 1 atom stereocenters. The summed E-state index contributed by atoms with van der Waals surface area (Å²) >= 11 is 0. The maximum atomic E-state index is 11.4. The van der Waals surface area contributed by atoms with E-state index in [0.29, 0.717) is 5.56 Å². The van der Waals surface area contributed by atoms with Gasteiger partial charge in [0.05, 0.1) is 12.2 Å². The molecule has 1 aliphatic heterocycles. The molecule has 0 aliphatic carbocycles.